The molecule has 1 unspecified atom stereocenters. The summed E-state index contributed by atoms with van der Waals surface area (Å²) in [5.74, 6) is -0.0977. The number of aromatic carboxylic acids is 1. The van der Waals surface area contributed by atoms with Crippen molar-refractivity contribution < 1.29 is 14.6 Å². The van der Waals surface area contributed by atoms with Crippen molar-refractivity contribution in [3.8, 4) is 16.9 Å². The third kappa shape index (κ3) is 4.66. The fourth-order valence-electron chi connectivity index (χ4n) is 4.48. The minimum atomic E-state index is -0.921. The highest BCUT2D eigenvalue weighted by Gasteiger charge is 2.33. The molecule has 3 heteroatoms. The summed E-state index contributed by atoms with van der Waals surface area (Å²) < 4.78 is 6.65. The number of carboxylic acid groups (broad SMARTS) is 1. The van der Waals surface area contributed by atoms with Gasteiger partial charge in [0.25, 0.3) is 0 Å². The van der Waals surface area contributed by atoms with Crippen molar-refractivity contribution >= 4 is 5.97 Å². The predicted molar refractivity (Wildman–Crippen MR) is 125 cm³/mol. The Bertz CT molecular complexity index is 1070. The monoisotopic (exact) mass is 414 g/mol. The number of fused-ring (bicyclic) bond motifs is 1. The van der Waals surface area contributed by atoms with Gasteiger partial charge in [0.15, 0.2) is 0 Å². The molecule has 0 radical (unpaired) electrons. The summed E-state index contributed by atoms with van der Waals surface area (Å²) >= 11 is 0. The molecule has 0 aromatic heterocycles. The molecule has 1 heterocycles. The van der Waals surface area contributed by atoms with Crippen molar-refractivity contribution in [1.82, 2.24) is 0 Å². The minimum absolute atomic E-state index is 0.300. The molecule has 3 nitrogen and oxygen atoms in total. The molecule has 0 spiro atoms. The first-order chi connectivity index (χ1) is 15.0. The van der Waals surface area contributed by atoms with E-state index in [9.17, 15) is 9.90 Å². The van der Waals surface area contributed by atoms with Gasteiger partial charge < -0.3 is 9.84 Å². The van der Waals surface area contributed by atoms with Crippen LogP contribution < -0.4 is 4.74 Å². The number of para-hydroxylation sites is 1. The van der Waals surface area contributed by atoms with E-state index in [-0.39, 0.29) is 5.60 Å². The Balaban J connectivity index is 1.62. The largest absolute Gasteiger partial charge is 0.486 e. The molecule has 0 saturated carbocycles. The molecule has 1 N–H and O–H groups in total. The van der Waals surface area contributed by atoms with E-state index in [1.54, 1.807) is 12.1 Å². The number of carboxylic acids is 1. The second kappa shape index (κ2) is 8.97. The summed E-state index contributed by atoms with van der Waals surface area (Å²) in [4.78, 5) is 11.8. The predicted octanol–water partition coefficient (Wildman–Crippen LogP) is 6.72. The Morgan fingerprint density at radius 2 is 1.68 bits per heavy atom. The fraction of sp³-hybridized carbons (Fsp3) is 0.321. The van der Waals surface area contributed by atoms with Gasteiger partial charge in [-0.1, -0.05) is 74.0 Å². The van der Waals surface area contributed by atoms with E-state index in [0.717, 1.165) is 42.6 Å². The third-order valence-corrected chi connectivity index (χ3v) is 6.24. The maximum absolute atomic E-state index is 11.8. The van der Waals surface area contributed by atoms with E-state index in [0.29, 0.717) is 11.1 Å². The van der Waals surface area contributed by atoms with Crippen molar-refractivity contribution in [3.63, 3.8) is 0 Å². The van der Waals surface area contributed by atoms with Crippen molar-refractivity contribution in [1.29, 1.82) is 0 Å². The zero-order chi connectivity index (χ0) is 21.8. The number of unbranched alkanes of at least 4 members (excludes halogenated alkanes) is 1. The maximum atomic E-state index is 11.8. The average Bonchev–Trinajstić information content (AvgIpc) is 2.78. The van der Waals surface area contributed by atoms with Crippen molar-refractivity contribution in [2.24, 2.45) is 0 Å². The van der Waals surface area contributed by atoms with Gasteiger partial charge in [-0.05, 0) is 60.9 Å². The molecular formula is C28H30O3. The molecule has 0 fully saturated rings. The second-order valence-corrected chi connectivity index (χ2v) is 8.79. The number of benzene rings is 3. The SMILES string of the molecule is CCCCc1ccc(CC2(C)CCc3cccc(-c4ccccc4C(=O)O)c3O2)cc1. The molecule has 0 bridgehead atoms. The zero-order valence-corrected chi connectivity index (χ0v) is 18.4. The molecule has 1 aliphatic heterocycles. The van der Waals surface area contributed by atoms with Crippen LogP contribution in [-0.2, 0) is 19.3 Å². The van der Waals surface area contributed by atoms with Gasteiger partial charge in [-0.25, -0.2) is 4.79 Å². The highest BCUT2D eigenvalue weighted by atomic mass is 16.5. The fourth-order valence-corrected chi connectivity index (χ4v) is 4.48. The average molecular weight is 415 g/mol. The second-order valence-electron chi connectivity index (χ2n) is 8.79. The van der Waals surface area contributed by atoms with Gasteiger partial charge in [0.2, 0.25) is 0 Å². The van der Waals surface area contributed by atoms with Crippen LogP contribution in [0.2, 0.25) is 0 Å². The standard InChI is InChI=1S/C28H30O3/c1-3-4-8-20-13-15-21(16-14-20)19-28(2)18-17-22-9-7-12-24(26(22)31-28)23-10-5-6-11-25(23)27(29)30/h5-7,9-16H,3-4,8,17-19H2,1-2H3,(H,29,30). The molecule has 4 rings (SSSR count). The quantitative estimate of drug-likeness (QED) is 0.467. The number of ether oxygens (including phenoxy) is 1. The van der Waals surface area contributed by atoms with Crippen LogP contribution in [0.15, 0.2) is 66.7 Å². The summed E-state index contributed by atoms with van der Waals surface area (Å²) in [5.41, 5.74) is 5.34. The lowest BCUT2D eigenvalue weighted by molar-refractivity contribution is 0.0661. The van der Waals surface area contributed by atoms with Crippen LogP contribution in [-0.4, -0.2) is 16.7 Å². The first-order valence-electron chi connectivity index (χ1n) is 11.2. The van der Waals surface area contributed by atoms with E-state index < -0.39 is 5.97 Å². The van der Waals surface area contributed by atoms with Crippen LogP contribution in [0.1, 0.15) is 60.2 Å². The Morgan fingerprint density at radius 3 is 2.42 bits per heavy atom. The van der Waals surface area contributed by atoms with Crippen molar-refractivity contribution in [2.45, 2.75) is 58.0 Å². The van der Waals surface area contributed by atoms with E-state index in [2.05, 4.69) is 44.2 Å². The zero-order valence-electron chi connectivity index (χ0n) is 18.4. The number of hydrogen-bond acceptors (Lipinski definition) is 2. The van der Waals surface area contributed by atoms with Gasteiger partial charge in [0.05, 0.1) is 5.56 Å². The van der Waals surface area contributed by atoms with E-state index in [1.807, 2.05) is 24.3 Å². The topological polar surface area (TPSA) is 46.5 Å². The molecule has 160 valence electrons. The Hall–Kier alpha value is -3.07. The number of rotatable bonds is 7. The number of aryl methyl sites for hydroxylation is 2. The summed E-state index contributed by atoms with van der Waals surface area (Å²) in [6, 6.07) is 22.1. The van der Waals surface area contributed by atoms with Gasteiger partial charge in [0, 0.05) is 12.0 Å². The van der Waals surface area contributed by atoms with Gasteiger partial charge in [-0.2, -0.15) is 0 Å². The third-order valence-electron chi connectivity index (χ3n) is 6.24. The van der Waals surface area contributed by atoms with Gasteiger partial charge in [-0.15, -0.1) is 0 Å². The van der Waals surface area contributed by atoms with Crippen molar-refractivity contribution in [3.05, 3.63) is 89.0 Å². The van der Waals surface area contributed by atoms with Gasteiger partial charge >= 0.3 is 5.97 Å². The van der Waals surface area contributed by atoms with Crippen LogP contribution in [0.25, 0.3) is 11.1 Å². The minimum Gasteiger partial charge on any atom is -0.486 e. The number of hydrogen-bond donors (Lipinski definition) is 1. The summed E-state index contributed by atoms with van der Waals surface area (Å²) in [6.45, 7) is 4.39. The smallest absolute Gasteiger partial charge is 0.336 e. The van der Waals surface area contributed by atoms with Gasteiger partial charge in [-0.3, -0.25) is 0 Å². The Labute approximate surface area is 184 Å². The van der Waals surface area contributed by atoms with E-state index in [1.165, 1.54) is 24.0 Å². The molecular weight excluding hydrogens is 384 g/mol. The van der Waals surface area contributed by atoms with Crippen LogP contribution in [0, 0.1) is 0 Å². The maximum Gasteiger partial charge on any atom is 0.336 e. The molecule has 31 heavy (non-hydrogen) atoms. The van der Waals surface area contributed by atoms with Crippen molar-refractivity contribution in [2.75, 3.05) is 0 Å². The Morgan fingerprint density at radius 1 is 0.968 bits per heavy atom. The number of carbonyl (C=O) groups is 1. The normalized spacial score (nSPS) is 17.6. The van der Waals surface area contributed by atoms with Gasteiger partial charge in [0.1, 0.15) is 11.4 Å². The van der Waals surface area contributed by atoms with Crippen LogP contribution >= 0.6 is 0 Å². The summed E-state index contributed by atoms with van der Waals surface area (Å²) in [6.07, 6.45) is 6.24. The highest BCUT2D eigenvalue weighted by molar-refractivity contribution is 5.97. The first kappa shape index (κ1) is 21.2. The van der Waals surface area contributed by atoms with Crippen LogP contribution in [0.5, 0.6) is 5.75 Å². The lowest BCUT2D eigenvalue weighted by Gasteiger charge is -2.37. The first-order valence-corrected chi connectivity index (χ1v) is 11.2. The Kier molecular flexibility index (Phi) is 6.13. The molecule has 1 atom stereocenters. The summed E-state index contributed by atoms with van der Waals surface area (Å²) in [7, 11) is 0. The van der Waals surface area contributed by atoms with E-state index in [4.69, 9.17) is 4.74 Å². The highest BCUT2D eigenvalue weighted by Crippen LogP contribution is 2.42. The molecule has 0 saturated heterocycles. The van der Waals surface area contributed by atoms with Crippen LogP contribution in [0.4, 0.5) is 0 Å². The summed E-state index contributed by atoms with van der Waals surface area (Å²) in [5, 5.41) is 9.66. The lowest BCUT2D eigenvalue weighted by Crippen LogP contribution is -2.38. The van der Waals surface area contributed by atoms with Crippen LogP contribution in [0.3, 0.4) is 0 Å². The van der Waals surface area contributed by atoms with E-state index >= 15 is 0 Å². The molecule has 3 aromatic carbocycles. The molecule has 3 aromatic rings. The molecule has 1 aliphatic rings. The lowest BCUT2D eigenvalue weighted by atomic mass is 9.85. The molecule has 0 amide bonds. The molecule has 0 aliphatic carbocycles.